The highest BCUT2D eigenvalue weighted by Gasteiger charge is 2.21. The van der Waals surface area contributed by atoms with Gasteiger partial charge in [-0.1, -0.05) is 37.6 Å². The Bertz CT molecular complexity index is 852. The molecule has 7 heteroatoms. The number of para-hydroxylation sites is 1. The molecule has 0 spiro atoms. The first kappa shape index (κ1) is 21.0. The molecule has 0 fully saturated rings. The summed E-state index contributed by atoms with van der Waals surface area (Å²) >= 11 is 0. The van der Waals surface area contributed by atoms with Gasteiger partial charge in [0.15, 0.2) is 5.75 Å². The number of nitrogens with one attached hydrogen (secondary N) is 2. The third-order valence-electron chi connectivity index (χ3n) is 3.85. The molecule has 0 amide bonds. The molecule has 0 radical (unpaired) electrons. The van der Waals surface area contributed by atoms with E-state index >= 15 is 0 Å². The third-order valence-corrected chi connectivity index (χ3v) is 4.76. The Kier molecular flexibility index (Phi) is 7.84. The first-order valence-corrected chi connectivity index (χ1v) is 10.5. The van der Waals surface area contributed by atoms with Crippen LogP contribution in [0.25, 0.3) is 0 Å². The molecule has 0 heterocycles. The summed E-state index contributed by atoms with van der Waals surface area (Å²) in [7, 11) is -3.97. The molecular formula is C20H27N3O3S. The third kappa shape index (κ3) is 6.39. The largest absolute Gasteiger partial charge is 0.454 e. The zero-order chi connectivity index (χ0) is 19.7. The normalized spacial score (nSPS) is 11.2. The van der Waals surface area contributed by atoms with Gasteiger partial charge in [0.2, 0.25) is 10.0 Å². The molecule has 6 nitrogen and oxygen atoms in total. The smallest absolute Gasteiger partial charge is 0.241 e. The summed E-state index contributed by atoms with van der Waals surface area (Å²) in [5.41, 5.74) is 1.40. The number of anilines is 1. The number of hydrogen-bond donors (Lipinski definition) is 3. The Morgan fingerprint density at radius 1 is 1.22 bits per heavy atom. The summed E-state index contributed by atoms with van der Waals surface area (Å²) in [6, 6.07) is 12.5. The van der Waals surface area contributed by atoms with Crippen LogP contribution in [0.2, 0.25) is 0 Å². The number of hydrogen-bond acceptors (Lipinski definition) is 5. The maximum absolute atomic E-state index is 12.2. The van der Waals surface area contributed by atoms with Crippen LogP contribution in [0.15, 0.2) is 60.0 Å². The molecule has 0 saturated carbocycles. The Labute approximate surface area is 161 Å². The molecule has 0 aliphatic carbocycles. The number of unbranched alkanes of at least 4 members (excludes halogenated alkanes) is 1. The van der Waals surface area contributed by atoms with Gasteiger partial charge >= 0.3 is 0 Å². The van der Waals surface area contributed by atoms with Crippen LogP contribution in [0.3, 0.4) is 0 Å². The van der Waals surface area contributed by atoms with Crippen molar-refractivity contribution in [3.8, 4) is 11.5 Å². The standard InChI is InChI=1S/C20H27N3O3S/c1-3-5-12-23-18-13-16(15-22-11-4-2)14-19(27(21,24)25)20(18)26-17-9-7-6-8-10-17/h4,6-10,13-14,22-23H,2-3,5,11-12,15H2,1H3,(H2,21,24,25). The Morgan fingerprint density at radius 3 is 2.59 bits per heavy atom. The predicted molar refractivity (Wildman–Crippen MR) is 110 cm³/mol. The van der Waals surface area contributed by atoms with Crippen LogP contribution in [-0.4, -0.2) is 21.5 Å². The van der Waals surface area contributed by atoms with Gasteiger partial charge in [0.25, 0.3) is 0 Å². The zero-order valence-electron chi connectivity index (χ0n) is 15.6. The predicted octanol–water partition coefficient (Wildman–Crippen LogP) is 3.61. The van der Waals surface area contributed by atoms with Gasteiger partial charge in [-0.25, -0.2) is 13.6 Å². The Hall–Kier alpha value is -2.35. The highest BCUT2D eigenvalue weighted by Crippen LogP contribution is 2.37. The second-order valence-corrected chi connectivity index (χ2v) is 7.66. The molecule has 0 aliphatic rings. The molecule has 0 aromatic heterocycles. The van der Waals surface area contributed by atoms with Crippen LogP contribution in [0, 0.1) is 0 Å². The summed E-state index contributed by atoms with van der Waals surface area (Å²) < 4.78 is 30.4. The highest BCUT2D eigenvalue weighted by molar-refractivity contribution is 7.89. The number of rotatable bonds is 11. The van der Waals surface area contributed by atoms with E-state index in [1.54, 1.807) is 24.3 Å². The molecule has 0 saturated heterocycles. The van der Waals surface area contributed by atoms with Crippen LogP contribution >= 0.6 is 0 Å². The molecule has 0 aliphatic heterocycles. The Morgan fingerprint density at radius 2 is 1.96 bits per heavy atom. The van der Waals surface area contributed by atoms with Gasteiger partial charge in [-0.2, -0.15) is 0 Å². The lowest BCUT2D eigenvalue weighted by atomic mass is 10.1. The van der Waals surface area contributed by atoms with Crippen molar-refractivity contribution in [3.63, 3.8) is 0 Å². The second-order valence-electron chi connectivity index (χ2n) is 6.13. The first-order valence-electron chi connectivity index (χ1n) is 8.93. The molecule has 2 aromatic carbocycles. The minimum absolute atomic E-state index is 0.0387. The quantitative estimate of drug-likeness (QED) is 0.403. The van der Waals surface area contributed by atoms with Gasteiger partial charge in [-0.15, -0.1) is 6.58 Å². The average Bonchev–Trinajstić information content (AvgIpc) is 2.63. The van der Waals surface area contributed by atoms with Crippen molar-refractivity contribution in [1.82, 2.24) is 5.32 Å². The van der Waals surface area contributed by atoms with E-state index in [1.807, 2.05) is 24.3 Å². The van der Waals surface area contributed by atoms with E-state index in [-0.39, 0.29) is 10.6 Å². The molecule has 4 N–H and O–H groups in total. The highest BCUT2D eigenvalue weighted by atomic mass is 32.2. The minimum Gasteiger partial charge on any atom is -0.454 e. The van der Waals surface area contributed by atoms with Gasteiger partial charge < -0.3 is 15.4 Å². The van der Waals surface area contributed by atoms with Crippen molar-refractivity contribution in [2.45, 2.75) is 31.2 Å². The van der Waals surface area contributed by atoms with Crippen LogP contribution < -0.4 is 20.5 Å². The summed E-state index contributed by atoms with van der Waals surface area (Å²) in [5, 5.41) is 11.9. The van der Waals surface area contributed by atoms with Gasteiger partial charge in [-0.3, -0.25) is 0 Å². The molecule has 2 aromatic rings. The topological polar surface area (TPSA) is 93.4 Å². The SMILES string of the molecule is C=CCNCc1cc(NCCCC)c(Oc2ccccc2)c(S(N)(=O)=O)c1. The van der Waals surface area contributed by atoms with Gasteiger partial charge in [-0.05, 0) is 36.2 Å². The van der Waals surface area contributed by atoms with Crippen molar-refractivity contribution in [3.05, 3.63) is 60.7 Å². The van der Waals surface area contributed by atoms with Gasteiger partial charge in [0, 0.05) is 19.6 Å². The zero-order valence-corrected chi connectivity index (χ0v) is 16.4. The maximum Gasteiger partial charge on any atom is 0.241 e. The lowest BCUT2D eigenvalue weighted by Gasteiger charge is -2.18. The Balaban J connectivity index is 2.48. The van der Waals surface area contributed by atoms with Gasteiger partial charge in [0.05, 0.1) is 5.69 Å². The molecule has 146 valence electrons. The summed E-state index contributed by atoms with van der Waals surface area (Å²) in [6.07, 6.45) is 3.72. The summed E-state index contributed by atoms with van der Waals surface area (Å²) in [4.78, 5) is -0.0387. The number of primary sulfonamides is 1. The average molecular weight is 390 g/mol. The number of ether oxygens (including phenoxy) is 1. The van der Waals surface area contributed by atoms with E-state index in [1.165, 1.54) is 0 Å². The first-order chi connectivity index (χ1) is 13.0. The van der Waals surface area contributed by atoms with Crippen LogP contribution in [-0.2, 0) is 16.6 Å². The van der Waals surface area contributed by atoms with Crippen molar-refractivity contribution >= 4 is 15.7 Å². The van der Waals surface area contributed by atoms with Crippen molar-refractivity contribution < 1.29 is 13.2 Å². The maximum atomic E-state index is 12.2. The van der Waals surface area contributed by atoms with E-state index in [9.17, 15) is 8.42 Å². The fraction of sp³-hybridized carbons (Fsp3) is 0.300. The lowest BCUT2D eigenvalue weighted by Crippen LogP contribution is -2.17. The lowest BCUT2D eigenvalue weighted by molar-refractivity contribution is 0.468. The van der Waals surface area contributed by atoms with Gasteiger partial charge in [0.1, 0.15) is 10.6 Å². The number of benzene rings is 2. The fourth-order valence-corrected chi connectivity index (χ4v) is 3.26. The van der Waals surface area contributed by atoms with E-state index in [2.05, 4.69) is 24.1 Å². The van der Waals surface area contributed by atoms with Crippen molar-refractivity contribution in [2.75, 3.05) is 18.4 Å². The second kappa shape index (κ2) is 10.1. The van der Waals surface area contributed by atoms with E-state index in [0.717, 1.165) is 18.4 Å². The van der Waals surface area contributed by atoms with E-state index in [0.29, 0.717) is 31.1 Å². The molecule has 0 atom stereocenters. The fourth-order valence-electron chi connectivity index (χ4n) is 2.53. The van der Waals surface area contributed by atoms with Crippen molar-refractivity contribution in [1.29, 1.82) is 0 Å². The molecular weight excluding hydrogens is 362 g/mol. The molecule has 0 unspecified atom stereocenters. The van der Waals surface area contributed by atoms with E-state index in [4.69, 9.17) is 9.88 Å². The molecule has 27 heavy (non-hydrogen) atoms. The van der Waals surface area contributed by atoms with Crippen LogP contribution in [0.1, 0.15) is 25.3 Å². The van der Waals surface area contributed by atoms with Crippen LogP contribution in [0.4, 0.5) is 5.69 Å². The van der Waals surface area contributed by atoms with Crippen LogP contribution in [0.5, 0.6) is 11.5 Å². The van der Waals surface area contributed by atoms with E-state index < -0.39 is 10.0 Å². The minimum atomic E-state index is -3.97. The molecule has 0 bridgehead atoms. The summed E-state index contributed by atoms with van der Waals surface area (Å²) in [6.45, 7) is 7.57. The summed E-state index contributed by atoms with van der Waals surface area (Å²) in [5.74, 6) is 0.755. The number of nitrogens with two attached hydrogens (primary N) is 1. The van der Waals surface area contributed by atoms with Crippen molar-refractivity contribution in [2.24, 2.45) is 5.14 Å². The monoisotopic (exact) mass is 389 g/mol. The molecule has 2 rings (SSSR count). The number of sulfonamides is 1.